The van der Waals surface area contributed by atoms with Gasteiger partial charge in [0.05, 0.1) is 20.5 Å². The first-order valence-electron chi connectivity index (χ1n) is 46.2. The van der Waals surface area contributed by atoms with Gasteiger partial charge >= 0.3 is 0 Å². The number of thiophene rings is 1. The van der Waals surface area contributed by atoms with Crippen molar-refractivity contribution in [3.63, 3.8) is 0 Å². The van der Waals surface area contributed by atoms with Crippen molar-refractivity contribution < 1.29 is 105 Å². The highest BCUT2D eigenvalue weighted by Crippen LogP contribution is 2.50. The normalized spacial score (nSPS) is 13.3. The standard InChI is InChI=1S/3C14H11F3.C14H10F2O.C14H10F2S.2C14H12F2.C12H13F3.C11H11F3/c2*1-8-3-5-10(7-12(8)15)11-6-4-9(2)13(16)14(11)17;1-8-3-5-10(12(15)7-8)11-6-4-9(2)13(16)14(11)17;2*1-7-3-5-9-10-6-4-8(2)12(16)14(10)17-13(9)11(7)15;2*1-9-3-6-11(7-4-9)12-8-5-10(2)13(15)14(12)16;1-6-4-9-5-7(2)12(14,15)10(9)11(13)8(6)3;1-6-3-4-8-5-7(2)11(13,14)9(8)10(6)12/h3*3-7H,1-2H3;2*3-6H,1-2H3;2*3-8H,1-2H3;4,7H,5H2,1-3H3;3-4,7H,5H2,1-2H3. The van der Waals surface area contributed by atoms with Crippen molar-refractivity contribution in [2.75, 3.05) is 0 Å². The van der Waals surface area contributed by atoms with Crippen LogP contribution in [0.2, 0.25) is 0 Å². The van der Waals surface area contributed by atoms with Crippen molar-refractivity contribution in [2.45, 2.75) is 156 Å². The van der Waals surface area contributed by atoms with E-state index in [2.05, 4.69) is 0 Å². The van der Waals surface area contributed by atoms with Crippen LogP contribution in [0.1, 0.15) is 131 Å². The van der Waals surface area contributed by atoms with Crippen molar-refractivity contribution in [3.8, 4) is 55.6 Å². The van der Waals surface area contributed by atoms with Gasteiger partial charge in [-0.3, -0.25) is 0 Å². The molecule has 2 aliphatic rings. The van der Waals surface area contributed by atoms with E-state index in [4.69, 9.17) is 4.42 Å². The maximum absolute atomic E-state index is 14.0. The first kappa shape index (κ1) is 111. The van der Waals surface area contributed by atoms with E-state index in [1.54, 1.807) is 210 Å². The molecule has 0 N–H and O–H groups in total. The van der Waals surface area contributed by atoms with Crippen LogP contribution < -0.4 is 0 Å². The van der Waals surface area contributed by atoms with Crippen LogP contribution in [0.15, 0.2) is 235 Å². The highest BCUT2D eigenvalue weighted by molar-refractivity contribution is 7.25. The summed E-state index contributed by atoms with van der Waals surface area (Å²) in [6.45, 7) is 30.9. The van der Waals surface area contributed by atoms with E-state index in [-0.39, 0.29) is 91.3 Å². The molecular formula is C121H101F23OS. The number of fused-ring (bicyclic) bond motifs is 8. The van der Waals surface area contributed by atoms with Gasteiger partial charge in [-0.1, -0.05) is 237 Å². The lowest BCUT2D eigenvalue weighted by Crippen LogP contribution is -2.19. The SMILES string of the molecule is Cc1cc2c(c(F)c1C)C(F)(F)C(C)C2.Cc1ccc(-c2ccc(C)c(F)c2F)c(F)c1.Cc1ccc(-c2ccc(C)c(F)c2F)cc1.Cc1ccc(-c2ccc(C)c(F)c2F)cc1.Cc1ccc(-c2ccc(C)c(F)c2F)cc1F.Cc1ccc(-c2ccc(C)c(F)c2F)cc1F.Cc1ccc2c(c1F)C(F)(F)C(C)C2.Cc1ccc2c(oc3c(F)c(C)ccc32)c1F.Cc1ccc2c(sc3c(F)c(C)ccc32)c1F. The number of aryl methyl sites for hydroxylation is 16. The highest BCUT2D eigenvalue weighted by atomic mass is 32.1. The molecule has 2 heterocycles. The molecule has 2 aliphatic carbocycles. The molecule has 0 saturated heterocycles. The number of furan rings is 1. The Kier molecular flexibility index (Phi) is 34.7. The van der Waals surface area contributed by atoms with E-state index in [0.29, 0.717) is 115 Å². The van der Waals surface area contributed by atoms with Crippen molar-refractivity contribution in [3.05, 3.63) is 458 Å². The van der Waals surface area contributed by atoms with Gasteiger partial charge in [0.1, 0.15) is 40.7 Å². The van der Waals surface area contributed by atoms with Gasteiger partial charge in [0, 0.05) is 66.8 Å². The minimum Gasteiger partial charge on any atom is -0.450 e. The molecular weight excluding hydrogens is 1940 g/mol. The van der Waals surface area contributed by atoms with Crippen LogP contribution in [-0.4, -0.2) is 0 Å². The lowest BCUT2D eigenvalue weighted by atomic mass is 9.99. The summed E-state index contributed by atoms with van der Waals surface area (Å²) in [5.74, 6) is -20.5. The summed E-state index contributed by atoms with van der Waals surface area (Å²) >= 11 is 1.19. The van der Waals surface area contributed by atoms with Crippen molar-refractivity contribution in [1.82, 2.24) is 0 Å². The molecule has 0 bridgehead atoms. The predicted octanol–water partition coefficient (Wildman–Crippen LogP) is 38.2. The Balaban J connectivity index is 0.000000146. The van der Waals surface area contributed by atoms with E-state index in [1.807, 2.05) is 50.2 Å². The number of alkyl halides is 4. The van der Waals surface area contributed by atoms with Crippen molar-refractivity contribution >= 4 is 53.4 Å². The molecule has 0 amide bonds. The van der Waals surface area contributed by atoms with Gasteiger partial charge in [-0.15, -0.1) is 11.3 Å². The molecule has 25 heteroatoms. The molecule has 2 unspecified atom stereocenters. The smallest absolute Gasteiger partial charge is 0.279 e. The number of benzene rings is 16. The summed E-state index contributed by atoms with van der Waals surface area (Å²) < 4.78 is 319. The molecule has 20 rings (SSSR count). The summed E-state index contributed by atoms with van der Waals surface area (Å²) in [5, 5.41) is 2.82. The van der Waals surface area contributed by atoms with Crippen LogP contribution >= 0.6 is 11.3 Å². The van der Waals surface area contributed by atoms with Gasteiger partial charge in [-0.25, -0.2) is 101 Å². The third kappa shape index (κ3) is 23.5. The minimum atomic E-state index is -3.02. The van der Waals surface area contributed by atoms with Crippen LogP contribution in [0.4, 0.5) is 101 Å². The lowest BCUT2D eigenvalue weighted by molar-refractivity contribution is -0.0482. The fourth-order valence-electron chi connectivity index (χ4n) is 16.3. The lowest BCUT2D eigenvalue weighted by Gasteiger charge is -2.17. The van der Waals surface area contributed by atoms with Crippen LogP contribution in [-0.2, 0) is 24.7 Å². The van der Waals surface area contributed by atoms with E-state index in [0.717, 1.165) is 33.0 Å². The first-order chi connectivity index (χ1) is 68.7. The number of halogens is 23. The van der Waals surface area contributed by atoms with E-state index < -0.39 is 123 Å². The second-order valence-corrected chi connectivity index (χ2v) is 37.8. The second-order valence-electron chi connectivity index (χ2n) is 36.8. The Labute approximate surface area is 835 Å². The zero-order chi connectivity index (χ0) is 107. The van der Waals surface area contributed by atoms with Gasteiger partial charge in [0.2, 0.25) is 0 Å². The molecule has 0 saturated carbocycles. The highest BCUT2D eigenvalue weighted by Gasteiger charge is 2.50. The largest absolute Gasteiger partial charge is 0.450 e. The molecule has 2 aromatic heterocycles. The molecule has 0 fully saturated rings. The topological polar surface area (TPSA) is 13.1 Å². The zero-order valence-corrected chi connectivity index (χ0v) is 83.8. The van der Waals surface area contributed by atoms with E-state index in [9.17, 15) is 101 Å². The molecule has 0 aliphatic heterocycles. The average molecular weight is 2040 g/mol. The Bertz CT molecular complexity index is 7510. The van der Waals surface area contributed by atoms with Gasteiger partial charge in [0.15, 0.2) is 81.0 Å². The third-order valence-electron chi connectivity index (χ3n) is 25.9. The van der Waals surface area contributed by atoms with Gasteiger partial charge in [0.25, 0.3) is 11.8 Å². The van der Waals surface area contributed by atoms with E-state index >= 15 is 0 Å². The van der Waals surface area contributed by atoms with Crippen LogP contribution in [0.5, 0.6) is 0 Å². The van der Waals surface area contributed by atoms with Crippen LogP contribution in [0.3, 0.4) is 0 Å². The van der Waals surface area contributed by atoms with Crippen LogP contribution in [0.25, 0.3) is 97.7 Å². The minimum absolute atomic E-state index is 0.0504. The molecule has 18 aromatic rings. The first-order valence-corrected chi connectivity index (χ1v) is 47.0. The summed E-state index contributed by atoms with van der Waals surface area (Å²) in [5.41, 5.74) is 12.0. The number of rotatable bonds is 5. The fraction of sp³-hybridized carbons (Fsp3) is 0.207. The third-order valence-corrected chi connectivity index (χ3v) is 27.1. The Morgan fingerprint density at radius 2 is 0.493 bits per heavy atom. The summed E-state index contributed by atoms with van der Waals surface area (Å²) in [6, 6.07) is 61.8. The van der Waals surface area contributed by atoms with Crippen molar-refractivity contribution in [1.29, 1.82) is 0 Å². The maximum Gasteiger partial charge on any atom is 0.279 e. The molecule has 1 nitrogen and oxygen atoms in total. The van der Waals surface area contributed by atoms with Crippen molar-refractivity contribution in [2.24, 2.45) is 11.8 Å². The van der Waals surface area contributed by atoms with Gasteiger partial charge in [-0.05, 0) is 266 Å². The number of hydrogen-bond acceptors (Lipinski definition) is 2. The molecule has 16 aromatic carbocycles. The summed E-state index contributed by atoms with van der Waals surface area (Å²) in [7, 11) is 0. The number of hydrogen-bond donors (Lipinski definition) is 0. The molecule has 146 heavy (non-hydrogen) atoms. The molecule has 758 valence electrons. The second kappa shape index (κ2) is 45.7. The summed E-state index contributed by atoms with van der Waals surface area (Å²) in [6.07, 6.45) is 0.528. The average Bonchev–Trinajstić information content (AvgIpc) is 1.60. The Hall–Kier alpha value is -14.1. The Morgan fingerprint density at radius 1 is 0.219 bits per heavy atom. The fourth-order valence-corrected chi connectivity index (χ4v) is 17.6. The molecule has 2 atom stereocenters. The Morgan fingerprint density at radius 3 is 0.856 bits per heavy atom. The predicted molar refractivity (Wildman–Crippen MR) is 539 cm³/mol. The van der Waals surface area contributed by atoms with Gasteiger partial charge in [-0.2, -0.15) is 0 Å². The van der Waals surface area contributed by atoms with Crippen LogP contribution in [0, 0.1) is 240 Å². The maximum atomic E-state index is 14.0. The monoisotopic (exact) mass is 2040 g/mol. The molecule has 0 spiro atoms. The zero-order valence-electron chi connectivity index (χ0n) is 83.0. The quantitative estimate of drug-likeness (QED) is 0.157. The van der Waals surface area contributed by atoms with E-state index in [1.165, 1.54) is 114 Å². The summed E-state index contributed by atoms with van der Waals surface area (Å²) in [4.78, 5) is 0. The molecule has 0 radical (unpaired) electrons. The van der Waals surface area contributed by atoms with Gasteiger partial charge < -0.3 is 4.42 Å².